The Morgan fingerprint density at radius 1 is 1.31 bits per heavy atom. The molecule has 0 radical (unpaired) electrons. The molecule has 84 valence electrons. The zero-order chi connectivity index (χ0) is 11.4. The molecule has 0 amide bonds. The van der Waals surface area contributed by atoms with E-state index in [1.165, 1.54) is 0 Å². The molecule has 4 heteroatoms. The number of rotatable bonds is 4. The number of para-hydroxylation sites is 1. The van der Waals surface area contributed by atoms with Gasteiger partial charge in [-0.15, -0.1) is 0 Å². The number of halogens is 1. The number of aromatic nitrogens is 1. The number of hydrogen-bond donors (Lipinski definition) is 2. The lowest BCUT2D eigenvalue weighted by Gasteiger charge is -2.06. The summed E-state index contributed by atoms with van der Waals surface area (Å²) < 4.78 is 0.997. The summed E-state index contributed by atoms with van der Waals surface area (Å²) in [5.41, 5.74) is 1.96. The molecule has 3 nitrogen and oxygen atoms in total. The van der Waals surface area contributed by atoms with Crippen molar-refractivity contribution < 1.29 is 5.11 Å². The molecule has 1 aromatic heterocycles. The Hall–Kier alpha value is -0.970. The second-order valence-electron chi connectivity index (χ2n) is 3.51. The Kier molecular flexibility index (Phi) is 3.88. The van der Waals surface area contributed by atoms with Crippen LogP contribution in [0.15, 0.2) is 34.8 Å². The summed E-state index contributed by atoms with van der Waals surface area (Å²) >= 11 is 3.50. The van der Waals surface area contributed by atoms with E-state index >= 15 is 0 Å². The van der Waals surface area contributed by atoms with E-state index < -0.39 is 0 Å². The first-order chi connectivity index (χ1) is 7.81. The first kappa shape index (κ1) is 11.5. The van der Waals surface area contributed by atoms with Crippen molar-refractivity contribution in [2.24, 2.45) is 0 Å². The molecule has 0 spiro atoms. The van der Waals surface area contributed by atoms with E-state index in [-0.39, 0.29) is 6.61 Å². The third-order valence-electron chi connectivity index (χ3n) is 2.33. The van der Waals surface area contributed by atoms with Crippen molar-refractivity contribution in [3.05, 3.63) is 40.5 Å². The predicted molar refractivity (Wildman–Crippen MR) is 68.2 cm³/mol. The fourth-order valence-corrected chi connectivity index (χ4v) is 2.02. The fraction of sp³-hybridized carbons (Fsp3) is 0.250. The minimum atomic E-state index is 0.144. The first-order valence-corrected chi connectivity index (χ1v) is 5.96. The lowest BCUT2D eigenvalue weighted by Crippen LogP contribution is -2.18. The summed E-state index contributed by atoms with van der Waals surface area (Å²) in [5, 5.41) is 12.9. The monoisotopic (exact) mass is 280 g/mol. The lowest BCUT2D eigenvalue weighted by atomic mass is 10.2. The standard InChI is InChI=1S/C12H13BrN2O/c13-10-7-9-3-1-2-4-11(9)15-12(10)8-14-5-6-16/h1-4,7,14,16H,5-6,8H2. The maximum Gasteiger partial charge on any atom is 0.0706 e. The van der Waals surface area contributed by atoms with Crippen LogP contribution in [0.25, 0.3) is 10.9 Å². The lowest BCUT2D eigenvalue weighted by molar-refractivity contribution is 0.291. The van der Waals surface area contributed by atoms with E-state index in [9.17, 15) is 0 Å². The highest BCUT2D eigenvalue weighted by Gasteiger charge is 2.03. The van der Waals surface area contributed by atoms with Crippen LogP contribution in [0.5, 0.6) is 0 Å². The number of hydrogen-bond acceptors (Lipinski definition) is 3. The molecule has 2 N–H and O–H groups in total. The van der Waals surface area contributed by atoms with Crippen LogP contribution in [0.2, 0.25) is 0 Å². The van der Waals surface area contributed by atoms with Gasteiger partial charge in [-0.25, -0.2) is 0 Å². The highest BCUT2D eigenvalue weighted by molar-refractivity contribution is 9.10. The maximum absolute atomic E-state index is 8.69. The summed E-state index contributed by atoms with van der Waals surface area (Å²) in [5.74, 6) is 0. The average Bonchev–Trinajstić information content (AvgIpc) is 2.30. The zero-order valence-electron chi connectivity index (χ0n) is 8.78. The van der Waals surface area contributed by atoms with Gasteiger partial charge < -0.3 is 10.4 Å². The third kappa shape index (κ3) is 2.58. The second-order valence-corrected chi connectivity index (χ2v) is 4.36. The van der Waals surface area contributed by atoms with Gasteiger partial charge in [0.15, 0.2) is 0 Å². The van der Waals surface area contributed by atoms with Gasteiger partial charge in [-0.05, 0) is 28.1 Å². The molecule has 0 aliphatic rings. The van der Waals surface area contributed by atoms with Crippen molar-refractivity contribution in [3.8, 4) is 0 Å². The smallest absolute Gasteiger partial charge is 0.0706 e. The molecular weight excluding hydrogens is 268 g/mol. The van der Waals surface area contributed by atoms with Gasteiger partial charge in [0.05, 0.1) is 17.8 Å². The van der Waals surface area contributed by atoms with Gasteiger partial charge in [0.1, 0.15) is 0 Å². The van der Waals surface area contributed by atoms with Crippen molar-refractivity contribution >= 4 is 26.8 Å². The van der Waals surface area contributed by atoms with E-state index in [1.807, 2.05) is 24.3 Å². The molecule has 0 fully saturated rings. The quantitative estimate of drug-likeness (QED) is 0.843. The maximum atomic E-state index is 8.69. The van der Waals surface area contributed by atoms with Crippen LogP contribution < -0.4 is 5.32 Å². The van der Waals surface area contributed by atoms with Crippen LogP contribution in [0.1, 0.15) is 5.69 Å². The van der Waals surface area contributed by atoms with Crippen LogP contribution in [-0.2, 0) is 6.54 Å². The molecule has 2 rings (SSSR count). The SMILES string of the molecule is OCCNCc1nc2ccccc2cc1Br. The molecule has 0 atom stereocenters. The molecule has 1 heterocycles. The molecular formula is C12H13BrN2O. The van der Waals surface area contributed by atoms with Gasteiger partial charge in [-0.3, -0.25) is 4.98 Å². The normalized spacial score (nSPS) is 10.9. The molecule has 0 bridgehead atoms. The van der Waals surface area contributed by atoms with Gasteiger partial charge in [-0.1, -0.05) is 18.2 Å². The summed E-state index contributed by atoms with van der Waals surface area (Å²) in [6.45, 7) is 1.39. The highest BCUT2D eigenvalue weighted by atomic mass is 79.9. The fourth-order valence-electron chi connectivity index (χ4n) is 1.54. The molecule has 0 saturated carbocycles. The number of nitrogens with zero attached hydrogens (tertiary/aromatic N) is 1. The molecule has 1 aromatic carbocycles. The number of nitrogens with one attached hydrogen (secondary N) is 1. The highest BCUT2D eigenvalue weighted by Crippen LogP contribution is 2.21. The third-order valence-corrected chi connectivity index (χ3v) is 3.02. The zero-order valence-corrected chi connectivity index (χ0v) is 10.4. The first-order valence-electron chi connectivity index (χ1n) is 5.17. The van der Waals surface area contributed by atoms with Gasteiger partial charge in [0.2, 0.25) is 0 Å². The van der Waals surface area contributed by atoms with Gasteiger partial charge in [-0.2, -0.15) is 0 Å². The van der Waals surface area contributed by atoms with Crippen LogP contribution >= 0.6 is 15.9 Å². The second kappa shape index (κ2) is 5.39. The molecule has 0 unspecified atom stereocenters. The van der Waals surface area contributed by atoms with E-state index in [0.29, 0.717) is 13.1 Å². The summed E-state index contributed by atoms with van der Waals surface area (Å²) in [7, 11) is 0. The molecule has 0 saturated heterocycles. The summed E-state index contributed by atoms with van der Waals surface area (Å²) in [4.78, 5) is 4.56. The Labute approximate surface area is 103 Å². The molecule has 0 aliphatic carbocycles. The summed E-state index contributed by atoms with van der Waals surface area (Å²) in [6, 6.07) is 10.1. The van der Waals surface area contributed by atoms with Crippen LogP contribution in [0.3, 0.4) is 0 Å². The minimum Gasteiger partial charge on any atom is -0.395 e. The van der Waals surface area contributed by atoms with Crippen molar-refractivity contribution in [2.45, 2.75) is 6.54 Å². The van der Waals surface area contributed by atoms with Crippen LogP contribution in [0, 0.1) is 0 Å². The summed E-state index contributed by atoms with van der Waals surface area (Å²) in [6.07, 6.45) is 0. The number of fused-ring (bicyclic) bond motifs is 1. The average molecular weight is 281 g/mol. The molecule has 0 aliphatic heterocycles. The Morgan fingerprint density at radius 3 is 2.94 bits per heavy atom. The number of benzene rings is 1. The number of pyridine rings is 1. The van der Waals surface area contributed by atoms with Gasteiger partial charge in [0, 0.05) is 22.9 Å². The van der Waals surface area contributed by atoms with Gasteiger partial charge in [0.25, 0.3) is 0 Å². The van der Waals surface area contributed by atoms with Crippen molar-refractivity contribution in [1.82, 2.24) is 10.3 Å². The topological polar surface area (TPSA) is 45.1 Å². The van der Waals surface area contributed by atoms with Gasteiger partial charge >= 0.3 is 0 Å². The molecule has 2 aromatic rings. The van der Waals surface area contributed by atoms with Crippen molar-refractivity contribution in [2.75, 3.05) is 13.2 Å². The van der Waals surface area contributed by atoms with E-state index in [1.54, 1.807) is 0 Å². The van der Waals surface area contributed by atoms with Crippen LogP contribution in [-0.4, -0.2) is 23.2 Å². The molecule has 16 heavy (non-hydrogen) atoms. The van der Waals surface area contributed by atoms with E-state index in [2.05, 4.69) is 32.3 Å². The van der Waals surface area contributed by atoms with E-state index in [0.717, 1.165) is 21.1 Å². The van der Waals surface area contributed by atoms with Crippen molar-refractivity contribution in [1.29, 1.82) is 0 Å². The van der Waals surface area contributed by atoms with Crippen molar-refractivity contribution in [3.63, 3.8) is 0 Å². The Morgan fingerprint density at radius 2 is 2.12 bits per heavy atom. The van der Waals surface area contributed by atoms with Crippen LogP contribution in [0.4, 0.5) is 0 Å². The predicted octanol–water partition coefficient (Wildman–Crippen LogP) is 2.08. The number of aliphatic hydroxyl groups excluding tert-OH is 1. The minimum absolute atomic E-state index is 0.144. The number of aliphatic hydroxyl groups is 1. The largest absolute Gasteiger partial charge is 0.395 e. The van der Waals surface area contributed by atoms with E-state index in [4.69, 9.17) is 5.11 Å². The Bertz CT molecular complexity index is 487. The Balaban J connectivity index is 2.27.